The first-order valence-corrected chi connectivity index (χ1v) is 9.14. The van der Waals surface area contributed by atoms with Gasteiger partial charge in [0.05, 0.1) is 26.0 Å². The highest BCUT2D eigenvalue weighted by Crippen LogP contribution is 2.21. The Kier molecular flexibility index (Phi) is 4.46. The molecule has 1 aromatic rings. The SMILES string of the molecule is CS(=O)(=O)N1CC[C@@H](Oc2cc(N3CCOCC3)ncn2)C1. The second-order valence-electron chi connectivity index (χ2n) is 5.46. The summed E-state index contributed by atoms with van der Waals surface area (Å²) in [5.74, 6) is 1.29. The fraction of sp³-hybridized carbons (Fsp3) is 0.692. The van der Waals surface area contributed by atoms with Gasteiger partial charge in [-0.2, -0.15) is 4.31 Å². The third-order valence-corrected chi connectivity index (χ3v) is 5.10. The Morgan fingerprint density at radius 2 is 2.05 bits per heavy atom. The first-order valence-electron chi connectivity index (χ1n) is 7.29. The molecular formula is C13H20N4O4S. The van der Waals surface area contributed by atoms with Crippen molar-refractivity contribution in [2.75, 3.05) is 50.5 Å². The number of morpholine rings is 1. The number of aromatic nitrogens is 2. The molecular weight excluding hydrogens is 308 g/mol. The number of hydrogen-bond donors (Lipinski definition) is 0. The van der Waals surface area contributed by atoms with Gasteiger partial charge in [-0.15, -0.1) is 0 Å². The van der Waals surface area contributed by atoms with Gasteiger partial charge in [-0.3, -0.25) is 0 Å². The van der Waals surface area contributed by atoms with Crippen LogP contribution in [-0.4, -0.2) is 74.4 Å². The highest BCUT2D eigenvalue weighted by atomic mass is 32.2. The zero-order chi connectivity index (χ0) is 15.6. The molecule has 2 aliphatic heterocycles. The normalized spacial score (nSPS) is 23.7. The van der Waals surface area contributed by atoms with E-state index in [2.05, 4.69) is 14.9 Å². The van der Waals surface area contributed by atoms with E-state index in [1.807, 2.05) is 0 Å². The van der Waals surface area contributed by atoms with Crippen molar-refractivity contribution < 1.29 is 17.9 Å². The molecule has 0 aromatic carbocycles. The van der Waals surface area contributed by atoms with Crippen molar-refractivity contribution in [2.24, 2.45) is 0 Å². The van der Waals surface area contributed by atoms with Gasteiger partial charge in [0.25, 0.3) is 0 Å². The van der Waals surface area contributed by atoms with Crippen LogP contribution < -0.4 is 9.64 Å². The first kappa shape index (κ1) is 15.4. The summed E-state index contributed by atoms with van der Waals surface area (Å²) in [6.07, 6.45) is 3.20. The lowest BCUT2D eigenvalue weighted by molar-refractivity contribution is 0.122. The Bertz CT molecular complexity index is 618. The van der Waals surface area contributed by atoms with Crippen LogP contribution in [0.25, 0.3) is 0 Å². The molecule has 3 heterocycles. The summed E-state index contributed by atoms with van der Waals surface area (Å²) >= 11 is 0. The number of rotatable bonds is 4. The predicted molar refractivity (Wildman–Crippen MR) is 80.5 cm³/mol. The number of anilines is 1. The second kappa shape index (κ2) is 6.35. The lowest BCUT2D eigenvalue weighted by Gasteiger charge is -2.27. The molecule has 0 aliphatic carbocycles. The standard InChI is InChI=1S/C13H20N4O4S/c1-22(18,19)17-3-2-11(9-17)21-13-8-12(14-10-15-13)16-4-6-20-7-5-16/h8,10-11H,2-7,9H2,1H3/t11-/m1/s1. The van der Waals surface area contributed by atoms with E-state index in [1.54, 1.807) is 6.07 Å². The van der Waals surface area contributed by atoms with E-state index in [0.717, 1.165) is 18.9 Å². The minimum atomic E-state index is -3.15. The molecule has 22 heavy (non-hydrogen) atoms. The lowest BCUT2D eigenvalue weighted by atomic mass is 10.3. The summed E-state index contributed by atoms with van der Waals surface area (Å²) in [6.45, 7) is 3.82. The van der Waals surface area contributed by atoms with E-state index >= 15 is 0 Å². The molecule has 1 aromatic heterocycles. The summed E-state index contributed by atoms with van der Waals surface area (Å²) in [5, 5.41) is 0. The van der Waals surface area contributed by atoms with Crippen molar-refractivity contribution >= 4 is 15.8 Å². The quantitative estimate of drug-likeness (QED) is 0.752. The fourth-order valence-corrected chi connectivity index (χ4v) is 3.50. The maximum absolute atomic E-state index is 11.5. The maximum atomic E-state index is 11.5. The number of sulfonamides is 1. The summed E-state index contributed by atoms with van der Waals surface area (Å²) in [5.41, 5.74) is 0. The molecule has 122 valence electrons. The molecule has 2 saturated heterocycles. The molecule has 0 bridgehead atoms. The molecule has 3 rings (SSSR count). The lowest BCUT2D eigenvalue weighted by Crippen LogP contribution is -2.36. The van der Waals surface area contributed by atoms with E-state index in [4.69, 9.17) is 9.47 Å². The smallest absolute Gasteiger partial charge is 0.218 e. The van der Waals surface area contributed by atoms with E-state index in [1.165, 1.54) is 16.9 Å². The molecule has 2 aliphatic rings. The topological polar surface area (TPSA) is 84.9 Å². The third-order valence-electron chi connectivity index (χ3n) is 3.83. The van der Waals surface area contributed by atoms with Crippen molar-refractivity contribution in [3.8, 4) is 5.88 Å². The molecule has 2 fully saturated rings. The zero-order valence-corrected chi connectivity index (χ0v) is 13.3. The Morgan fingerprint density at radius 3 is 2.73 bits per heavy atom. The van der Waals surface area contributed by atoms with Crippen molar-refractivity contribution in [3.05, 3.63) is 12.4 Å². The van der Waals surface area contributed by atoms with E-state index in [-0.39, 0.29) is 6.10 Å². The van der Waals surface area contributed by atoms with Gasteiger partial charge in [-0.25, -0.2) is 18.4 Å². The van der Waals surface area contributed by atoms with Gasteiger partial charge in [0.1, 0.15) is 18.2 Å². The molecule has 0 radical (unpaired) electrons. The van der Waals surface area contributed by atoms with Crippen molar-refractivity contribution in [1.29, 1.82) is 0 Å². The van der Waals surface area contributed by atoms with E-state index in [0.29, 0.717) is 38.6 Å². The van der Waals surface area contributed by atoms with Gasteiger partial charge in [0.2, 0.25) is 15.9 Å². The van der Waals surface area contributed by atoms with Gasteiger partial charge in [0.15, 0.2) is 0 Å². The van der Waals surface area contributed by atoms with Gasteiger partial charge in [-0.05, 0) is 6.42 Å². The minimum Gasteiger partial charge on any atom is -0.473 e. The van der Waals surface area contributed by atoms with Gasteiger partial charge < -0.3 is 14.4 Å². The van der Waals surface area contributed by atoms with Crippen LogP contribution in [-0.2, 0) is 14.8 Å². The van der Waals surface area contributed by atoms with Crippen molar-refractivity contribution in [2.45, 2.75) is 12.5 Å². The van der Waals surface area contributed by atoms with Crippen LogP contribution in [0.3, 0.4) is 0 Å². The summed E-state index contributed by atoms with van der Waals surface area (Å²) in [7, 11) is -3.15. The van der Waals surface area contributed by atoms with Gasteiger partial charge in [-0.1, -0.05) is 0 Å². The van der Waals surface area contributed by atoms with Crippen LogP contribution in [0, 0.1) is 0 Å². The average Bonchev–Trinajstić information content (AvgIpc) is 2.97. The monoisotopic (exact) mass is 328 g/mol. The third kappa shape index (κ3) is 3.65. The van der Waals surface area contributed by atoms with E-state index in [9.17, 15) is 8.42 Å². The van der Waals surface area contributed by atoms with Crippen molar-refractivity contribution in [1.82, 2.24) is 14.3 Å². The van der Waals surface area contributed by atoms with Crippen molar-refractivity contribution in [3.63, 3.8) is 0 Å². The average molecular weight is 328 g/mol. The number of hydrogen-bond acceptors (Lipinski definition) is 7. The maximum Gasteiger partial charge on any atom is 0.218 e. The van der Waals surface area contributed by atoms with Gasteiger partial charge in [0, 0.05) is 25.7 Å². The first-order chi connectivity index (χ1) is 10.5. The molecule has 9 heteroatoms. The van der Waals surface area contributed by atoms with Crippen LogP contribution in [0.5, 0.6) is 5.88 Å². The van der Waals surface area contributed by atoms with Crippen LogP contribution in [0.1, 0.15) is 6.42 Å². The number of nitrogens with zero attached hydrogens (tertiary/aromatic N) is 4. The Labute approximate surface area is 130 Å². The largest absolute Gasteiger partial charge is 0.473 e. The molecule has 0 unspecified atom stereocenters. The Morgan fingerprint density at radius 1 is 1.27 bits per heavy atom. The Hall–Kier alpha value is -1.45. The molecule has 0 amide bonds. The highest BCUT2D eigenvalue weighted by Gasteiger charge is 2.30. The molecule has 1 atom stereocenters. The molecule has 0 saturated carbocycles. The van der Waals surface area contributed by atoms with Crippen LogP contribution in [0.4, 0.5) is 5.82 Å². The number of ether oxygens (including phenoxy) is 2. The van der Waals surface area contributed by atoms with E-state index < -0.39 is 10.0 Å². The van der Waals surface area contributed by atoms with Gasteiger partial charge >= 0.3 is 0 Å². The highest BCUT2D eigenvalue weighted by molar-refractivity contribution is 7.88. The summed E-state index contributed by atoms with van der Waals surface area (Å²) in [6, 6.07) is 1.80. The predicted octanol–water partition coefficient (Wildman–Crippen LogP) is -0.274. The minimum absolute atomic E-state index is 0.165. The fourth-order valence-electron chi connectivity index (χ4n) is 2.63. The summed E-state index contributed by atoms with van der Waals surface area (Å²) in [4.78, 5) is 10.5. The van der Waals surface area contributed by atoms with Crippen LogP contribution in [0.15, 0.2) is 12.4 Å². The van der Waals surface area contributed by atoms with Crippen LogP contribution >= 0.6 is 0 Å². The molecule has 0 N–H and O–H groups in total. The molecule has 8 nitrogen and oxygen atoms in total. The summed E-state index contributed by atoms with van der Waals surface area (Å²) < 4.78 is 35.6. The molecule has 0 spiro atoms. The van der Waals surface area contributed by atoms with Crippen LogP contribution in [0.2, 0.25) is 0 Å². The second-order valence-corrected chi connectivity index (χ2v) is 7.45. The zero-order valence-electron chi connectivity index (χ0n) is 12.5. The Balaban J connectivity index is 1.63.